The highest BCUT2D eigenvalue weighted by Crippen LogP contribution is 2.27. The first-order valence-electron chi connectivity index (χ1n) is 5.92. The smallest absolute Gasteiger partial charge is 0.159 e. The number of thiophene rings is 1. The van der Waals surface area contributed by atoms with Crippen molar-refractivity contribution in [3.8, 4) is 0 Å². The lowest BCUT2D eigenvalue weighted by Gasteiger charge is -2.19. The van der Waals surface area contributed by atoms with Crippen molar-refractivity contribution in [2.75, 3.05) is 0 Å². The van der Waals surface area contributed by atoms with Crippen molar-refractivity contribution >= 4 is 27.3 Å². The van der Waals surface area contributed by atoms with E-state index >= 15 is 0 Å². The molecule has 2 aromatic rings. The highest BCUT2D eigenvalue weighted by molar-refractivity contribution is 9.10. The van der Waals surface area contributed by atoms with E-state index in [1.165, 1.54) is 10.9 Å². The molecule has 2 atom stereocenters. The van der Waals surface area contributed by atoms with Crippen molar-refractivity contribution < 1.29 is 8.78 Å². The molecular formula is C14H14BrF2NS. The maximum atomic E-state index is 13.2. The first kappa shape index (κ1) is 14.6. The Hall–Kier alpha value is -0.780. The van der Waals surface area contributed by atoms with Gasteiger partial charge in [-0.1, -0.05) is 6.07 Å². The maximum Gasteiger partial charge on any atom is 0.159 e. The molecule has 1 aromatic carbocycles. The van der Waals surface area contributed by atoms with E-state index in [0.717, 1.165) is 16.1 Å². The van der Waals surface area contributed by atoms with Crippen LogP contribution in [0.2, 0.25) is 0 Å². The zero-order valence-electron chi connectivity index (χ0n) is 10.6. The monoisotopic (exact) mass is 345 g/mol. The van der Waals surface area contributed by atoms with Crippen molar-refractivity contribution in [1.82, 2.24) is 5.32 Å². The van der Waals surface area contributed by atoms with Gasteiger partial charge in [0, 0.05) is 26.8 Å². The van der Waals surface area contributed by atoms with Crippen LogP contribution in [0.1, 0.15) is 36.4 Å². The Morgan fingerprint density at radius 2 is 1.84 bits per heavy atom. The van der Waals surface area contributed by atoms with Crippen molar-refractivity contribution in [2.45, 2.75) is 25.9 Å². The Kier molecular flexibility index (Phi) is 4.71. The highest BCUT2D eigenvalue weighted by atomic mass is 79.9. The molecular weight excluding hydrogens is 332 g/mol. The summed E-state index contributed by atoms with van der Waals surface area (Å²) in [5.74, 6) is -1.62. The summed E-state index contributed by atoms with van der Waals surface area (Å²) < 4.78 is 27.1. The van der Waals surface area contributed by atoms with Crippen LogP contribution in [0, 0.1) is 11.6 Å². The van der Waals surface area contributed by atoms with E-state index in [0.29, 0.717) is 0 Å². The van der Waals surface area contributed by atoms with Gasteiger partial charge in [0.05, 0.1) is 0 Å². The summed E-state index contributed by atoms with van der Waals surface area (Å²) in [6, 6.07) is 6.16. The van der Waals surface area contributed by atoms with E-state index < -0.39 is 11.6 Å². The molecule has 1 aromatic heterocycles. The van der Waals surface area contributed by atoms with Gasteiger partial charge in [0.15, 0.2) is 11.6 Å². The molecule has 1 heterocycles. The van der Waals surface area contributed by atoms with Crippen LogP contribution >= 0.6 is 27.3 Å². The fourth-order valence-electron chi connectivity index (χ4n) is 1.89. The van der Waals surface area contributed by atoms with E-state index in [1.54, 1.807) is 17.4 Å². The zero-order valence-corrected chi connectivity index (χ0v) is 13.0. The maximum absolute atomic E-state index is 13.2. The van der Waals surface area contributed by atoms with Crippen molar-refractivity contribution in [2.24, 2.45) is 0 Å². The van der Waals surface area contributed by atoms with Gasteiger partial charge in [-0.3, -0.25) is 0 Å². The van der Waals surface area contributed by atoms with Gasteiger partial charge in [0.25, 0.3) is 0 Å². The molecule has 5 heteroatoms. The number of hydrogen-bond acceptors (Lipinski definition) is 2. The number of benzene rings is 1. The summed E-state index contributed by atoms with van der Waals surface area (Å²) in [6.45, 7) is 3.99. The molecule has 0 aliphatic heterocycles. The Morgan fingerprint density at radius 1 is 1.11 bits per heavy atom. The zero-order chi connectivity index (χ0) is 14.0. The van der Waals surface area contributed by atoms with Gasteiger partial charge in [-0.25, -0.2) is 8.78 Å². The van der Waals surface area contributed by atoms with E-state index in [4.69, 9.17) is 0 Å². The highest BCUT2D eigenvalue weighted by Gasteiger charge is 2.14. The van der Waals surface area contributed by atoms with Crippen LogP contribution in [0.3, 0.4) is 0 Å². The molecule has 0 saturated carbocycles. The normalized spacial score (nSPS) is 14.4. The van der Waals surface area contributed by atoms with Crippen LogP contribution in [-0.2, 0) is 0 Å². The van der Waals surface area contributed by atoms with Crippen LogP contribution in [-0.4, -0.2) is 0 Å². The topological polar surface area (TPSA) is 12.0 Å². The van der Waals surface area contributed by atoms with Crippen LogP contribution in [0.25, 0.3) is 0 Å². The summed E-state index contributed by atoms with van der Waals surface area (Å²) in [5.41, 5.74) is 0.737. The third kappa shape index (κ3) is 3.61. The molecule has 0 fully saturated rings. The molecule has 2 unspecified atom stereocenters. The van der Waals surface area contributed by atoms with E-state index in [-0.39, 0.29) is 12.1 Å². The lowest BCUT2D eigenvalue weighted by Crippen LogP contribution is -2.22. The molecule has 0 spiro atoms. The number of rotatable bonds is 4. The van der Waals surface area contributed by atoms with Gasteiger partial charge in [0.1, 0.15) is 0 Å². The van der Waals surface area contributed by atoms with Crippen molar-refractivity contribution in [3.63, 3.8) is 0 Å². The van der Waals surface area contributed by atoms with Crippen LogP contribution < -0.4 is 5.32 Å². The van der Waals surface area contributed by atoms with E-state index in [2.05, 4.69) is 34.2 Å². The second-order valence-corrected chi connectivity index (χ2v) is 6.31. The van der Waals surface area contributed by atoms with Crippen molar-refractivity contribution in [1.29, 1.82) is 0 Å². The third-order valence-electron chi connectivity index (χ3n) is 2.96. The summed E-state index contributed by atoms with van der Waals surface area (Å²) >= 11 is 5.08. The quantitative estimate of drug-likeness (QED) is 0.802. The molecule has 0 aliphatic carbocycles. The molecule has 0 amide bonds. The fraction of sp³-hybridized carbons (Fsp3) is 0.286. The Balaban J connectivity index is 2.07. The largest absolute Gasteiger partial charge is 0.303 e. The number of halogens is 3. The first-order valence-corrected chi connectivity index (χ1v) is 7.59. The summed E-state index contributed by atoms with van der Waals surface area (Å²) in [4.78, 5) is 1.20. The summed E-state index contributed by atoms with van der Waals surface area (Å²) in [6.07, 6.45) is 0. The second kappa shape index (κ2) is 6.11. The van der Waals surface area contributed by atoms with Gasteiger partial charge in [-0.15, -0.1) is 11.3 Å². The van der Waals surface area contributed by atoms with E-state index in [1.807, 2.05) is 12.3 Å². The minimum atomic E-state index is -0.814. The predicted molar refractivity (Wildman–Crippen MR) is 78.3 cm³/mol. The lowest BCUT2D eigenvalue weighted by atomic mass is 10.1. The van der Waals surface area contributed by atoms with Gasteiger partial charge in [0.2, 0.25) is 0 Å². The van der Waals surface area contributed by atoms with Gasteiger partial charge in [-0.2, -0.15) is 0 Å². The average molecular weight is 346 g/mol. The molecule has 0 aliphatic rings. The van der Waals surface area contributed by atoms with Gasteiger partial charge in [-0.05, 0) is 53.5 Å². The predicted octanol–water partition coefficient (Wildman–Crippen LogP) is 5.20. The van der Waals surface area contributed by atoms with Crippen molar-refractivity contribution in [3.05, 3.63) is 56.2 Å². The van der Waals surface area contributed by atoms with Crippen LogP contribution in [0.5, 0.6) is 0 Å². The standard InChI is InChI=1S/C14H14BrF2NS/c1-8(10-3-4-12(16)13(17)5-10)18-9(2)14-6-11(15)7-19-14/h3-9,18H,1-2H3. The Labute approximate surface area is 123 Å². The Morgan fingerprint density at radius 3 is 2.42 bits per heavy atom. The molecule has 2 rings (SSSR count). The van der Waals surface area contributed by atoms with Crippen LogP contribution in [0.4, 0.5) is 8.78 Å². The number of hydrogen-bond donors (Lipinski definition) is 1. The molecule has 19 heavy (non-hydrogen) atoms. The first-order chi connectivity index (χ1) is 8.97. The molecule has 1 nitrogen and oxygen atoms in total. The molecule has 102 valence electrons. The number of nitrogens with one attached hydrogen (secondary N) is 1. The SMILES string of the molecule is CC(NC(C)c1cc(Br)cs1)c1ccc(F)c(F)c1. The van der Waals surface area contributed by atoms with Gasteiger partial charge < -0.3 is 5.32 Å². The van der Waals surface area contributed by atoms with Crippen LogP contribution in [0.15, 0.2) is 34.1 Å². The molecule has 0 bridgehead atoms. The second-order valence-electron chi connectivity index (χ2n) is 4.45. The van der Waals surface area contributed by atoms with E-state index in [9.17, 15) is 8.78 Å². The lowest BCUT2D eigenvalue weighted by molar-refractivity contribution is 0.483. The molecule has 0 radical (unpaired) electrons. The van der Waals surface area contributed by atoms with Gasteiger partial charge >= 0.3 is 0 Å². The summed E-state index contributed by atoms with van der Waals surface area (Å²) in [5, 5.41) is 5.40. The summed E-state index contributed by atoms with van der Waals surface area (Å²) in [7, 11) is 0. The molecule has 0 saturated heterocycles. The molecule has 1 N–H and O–H groups in total. The fourth-order valence-corrected chi connectivity index (χ4v) is 3.35. The minimum Gasteiger partial charge on any atom is -0.303 e. The Bertz CT molecular complexity index is 570. The minimum absolute atomic E-state index is 0.0500. The average Bonchev–Trinajstić information content (AvgIpc) is 2.79. The third-order valence-corrected chi connectivity index (χ3v) is 4.83.